The van der Waals surface area contributed by atoms with Gasteiger partial charge in [-0.3, -0.25) is 4.79 Å². The maximum atomic E-state index is 10.9. The highest BCUT2D eigenvalue weighted by molar-refractivity contribution is 5.78. The van der Waals surface area contributed by atoms with Gasteiger partial charge >= 0.3 is 0 Å². The lowest BCUT2D eigenvalue weighted by Crippen LogP contribution is -2.45. The molecule has 2 aliphatic carbocycles. The summed E-state index contributed by atoms with van der Waals surface area (Å²) in [5.41, 5.74) is 8.03. The van der Waals surface area contributed by atoms with Crippen molar-refractivity contribution in [3.8, 4) is 0 Å². The van der Waals surface area contributed by atoms with Gasteiger partial charge in [0.25, 0.3) is 0 Å². The number of rotatable bonds is 4. The second-order valence-electron chi connectivity index (χ2n) is 6.13. The molecule has 20 heavy (non-hydrogen) atoms. The van der Waals surface area contributed by atoms with Gasteiger partial charge in [0.2, 0.25) is 5.91 Å². The molecule has 2 bridgehead atoms. The fourth-order valence-electron chi connectivity index (χ4n) is 3.83. The van der Waals surface area contributed by atoms with Crippen molar-refractivity contribution in [1.29, 1.82) is 0 Å². The summed E-state index contributed by atoms with van der Waals surface area (Å²) < 4.78 is 0. The first-order valence-corrected chi connectivity index (χ1v) is 7.42. The molecule has 1 amide bonds. The number of aliphatic hydroxyl groups is 1. The number of hydrogen-bond acceptors (Lipinski definition) is 3. The second-order valence-corrected chi connectivity index (χ2v) is 6.13. The number of nitrogens with two attached hydrogens (primary N) is 1. The minimum Gasteiger partial charge on any atom is -0.382 e. The Morgan fingerprint density at radius 3 is 2.30 bits per heavy atom. The van der Waals surface area contributed by atoms with E-state index in [1.165, 1.54) is 24.0 Å². The van der Waals surface area contributed by atoms with Gasteiger partial charge in [-0.1, -0.05) is 24.3 Å². The summed E-state index contributed by atoms with van der Waals surface area (Å²) >= 11 is 0. The molecule has 3 unspecified atom stereocenters. The second kappa shape index (κ2) is 5.54. The molecule has 0 spiro atoms. The third kappa shape index (κ3) is 2.58. The van der Waals surface area contributed by atoms with Crippen molar-refractivity contribution >= 4 is 5.91 Å². The maximum absolute atomic E-state index is 10.9. The fraction of sp³-hybridized carbons (Fsp3) is 0.562. The molecule has 3 atom stereocenters. The van der Waals surface area contributed by atoms with Gasteiger partial charge in [-0.2, -0.15) is 0 Å². The molecule has 1 aromatic carbocycles. The number of nitrogens with one attached hydrogen (secondary N) is 1. The van der Waals surface area contributed by atoms with Crippen molar-refractivity contribution in [2.75, 3.05) is 6.54 Å². The van der Waals surface area contributed by atoms with Crippen molar-refractivity contribution in [2.45, 2.75) is 37.8 Å². The van der Waals surface area contributed by atoms with Crippen LogP contribution in [-0.2, 0) is 17.6 Å². The van der Waals surface area contributed by atoms with Gasteiger partial charge in [0.05, 0.1) is 0 Å². The Hall–Kier alpha value is -1.39. The Kier molecular flexibility index (Phi) is 3.76. The zero-order valence-electron chi connectivity index (χ0n) is 11.6. The van der Waals surface area contributed by atoms with Gasteiger partial charge in [0.1, 0.15) is 6.10 Å². The molecule has 4 N–H and O–H groups in total. The summed E-state index contributed by atoms with van der Waals surface area (Å²) in [6.07, 6.45) is 3.56. The molecule has 108 valence electrons. The van der Waals surface area contributed by atoms with Crippen LogP contribution in [-0.4, -0.2) is 29.7 Å². The lowest BCUT2D eigenvalue weighted by Gasteiger charge is -2.24. The zero-order valence-corrected chi connectivity index (χ0v) is 11.6. The topological polar surface area (TPSA) is 75.4 Å². The van der Waals surface area contributed by atoms with E-state index in [-0.39, 0.29) is 6.54 Å². The molecule has 0 aliphatic heterocycles. The van der Waals surface area contributed by atoms with Gasteiger partial charge in [-0.25, -0.2) is 0 Å². The SMILES string of the molecule is NC(=O)C(O)CNC1C2CCC1Cc1ccccc1C2. The number of primary amides is 1. The van der Waals surface area contributed by atoms with Crippen LogP contribution in [0.1, 0.15) is 24.0 Å². The molecule has 1 saturated carbocycles. The van der Waals surface area contributed by atoms with Crippen LogP contribution in [0.15, 0.2) is 24.3 Å². The lowest BCUT2D eigenvalue weighted by molar-refractivity contribution is -0.125. The number of aliphatic hydroxyl groups excluding tert-OH is 1. The lowest BCUT2D eigenvalue weighted by atomic mass is 9.94. The Balaban J connectivity index is 1.71. The van der Waals surface area contributed by atoms with Crippen LogP contribution in [0.4, 0.5) is 0 Å². The molecule has 4 nitrogen and oxygen atoms in total. The third-order valence-corrected chi connectivity index (χ3v) is 4.88. The third-order valence-electron chi connectivity index (χ3n) is 4.88. The van der Waals surface area contributed by atoms with Gasteiger partial charge < -0.3 is 16.2 Å². The predicted octanol–water partition coefficient (Wildman–Crippen LogP) is 0.616. The summed E-state index contributed by atoms with van der Waals surface area (Å²) in [6, 6.07) is 9.06. The van der Waals surface area contributed by atoms with E-state index >= 15 is 0 Å². The summed E-state index contributed by atoms with van der Waals surface area (Å²) in [4.78, 5) is 10.9. The summed E-state index contributed by atoms with van der Waals surface area (Å²) in [7, 11) is 0. The van der Waals surface area contributed by atoms with Crippen molar-refractivity contribution in [3.63, 3.8) is 0 Å². The first-order valence-electron chi connectivity index (χ1n) is 7.42. The van der Waals surface area contributed by atoms with E-state index in [1.54, 1.807) is 0 Å². The number of hydrogen-bond donors (Lipinski definition) is 3. The Morgan fingerprint density at radius 2 is 1.80 bits per heavy atom. The minimum atomic E-state index is -1.08. The summed E-state index contributed by atoms with van der Waals surface area (Å²) in [5, 5.41) is 12.9. The van der Waals surface area contributed by atoms with Crippen LogP contribution in [0.5, 0.6) is 0 Å². The fourth-order valence-corrected chi connectivity index (χ4v) is 3.83. The van der Waals surface area contributed by atoms with Gasteiger partial charge in [-0.15, -0.1) is 0 Å². The number of amides is 1. The molecule has 3 rings (SSSR count). The van der Waals surface area contributed by atoms with Crippen LogP contribution >= 0.6 is 0 Å². The van der Waals surface area contributed by atoms with E-state index in [0.717, 1.165) is 12.8 Å². The molecule has 1 fully saturated rings. The molecule has 0 saturated heterocycles. The minimum absolute atomic E-state index is 0.267. The van der Waals surface area contributed by atoms with Crippen molar-refractivity contribution in [3.05, 3.63) is 35.4 Å². The Bertz CT molecular complexity index is 470. The van der Waals surface area contributed by atoms with Crippen LogP contribution in [0.3, 0.4) is 0 Å². The molecule has 2 aliphatic rings. The van der Waals surface area contributed by atoms with Crippen molar-refractivity contribution < 1.29 is 9.90 Å². The molecule has 4 heteroatoms. The summed E-state index contributed by atoms with van der Waals surface area (Å²) in [5.74, 6) is 0.550. The van der Waals surface area contributed by atoms with Gasteiger partial charge in [0.15, 0.2) is 0 Å². The van der Waals surface area contributed by atoms with Crippen molar-refractivity contribution in [2.24, 2.45) is 17.6 Å². The van der Waals surface area contributed by atoms with Crippen LogP contribution in [0, 0.1) is 11.8 Å². The first kappa shape index (κ1) is 13.6. The molecule has 0 aromatic heterocycles. The monoisotopic (exact) mass is 274 g/mol. The maximum Gasteiger partial charge on any atom is 0.247 e. The van der Waals surface area contributed by atoms with Crippen LogP contribution in [0.2, 0.25) is 0 Å². The number of carbonyl (C=O) groups is 1. The van der Waals surface area contributed by atoms with E-state index in [9.17, 15) is 9.90 Å². The molecule has 0 heterocycles. The summed E-state index contributed by atoms with van der Waals surface area (Å²) in [6.45, 7) is 0.267. The highest BCUT2D eigenvalue weighted by Gasteiger charge is 2.38. The van der Waals surface area contributed by atoms with Crippen molar-refractivity contribution in [1.82, 2.24) is 5.32 Å². The van der Waals surface area contributed by atoms with E-state index < -0.39 is 12.0 Å². The molecular weight excluding hydrogens is 252 g/mol. The molecule has 0 radical (unpaired) electrons. The zero-order chi connectivity index (χ0) is 14.1. The van der Waals surface area contributed by atoms with Crippen LogP contribution < -0.4 is 11.1 Å². The smallest absolute Gasteiger partial charge is 0.247 e. The molecule has 1 aromatic rings. The van der Waals surface area contributed by atoms with E-state index in [1.807, 2.05) is 0 Å². The van der Waals surface area contributed by atoms with Gasteiger partial charge in [-0.05, 0) is 48.6 Å². The molecular formula is C16H22N2O2. The Labute approximate surface area is 119 Å². The van der Waals surface area contributed by atoms with Gasteiger partial charge in [0, 0.05) is 12.6 Å². The first-order chi connectivity index (χ1) is 9.65. The average molecular weight is 274 g/mol. The number of carbonyl (C=O) groups excluding carboxylic acids is 1. The normalized spacial score (nSPS) is 29.6. The number of benzene rings is 1. The number of fused-ring (bicyclic) bond motifs is 3. The Morgan fingerprint density at radius 1 is 1.25 bits per heavy atom. The van der Waals surface area contributed by atoms with E-state index in [2.05, 4.69) is 29.6 Å². The quantitative estimate of drug-likeness (QED) is 0.753. The van der Waals surface area contributed by atoms with Crippen LogP contribution in [0.25, 0.3) is 0 Å². The van der Waals surface area contributed by atoms with E-state index in [0.29, 0.717) is 17.9 Å². The van der Waals surface area contributed by atoms with E-state index in [4.69, 9.17) is 5.73 Å². The standard InChI is InChI=1S/C16H22N2O2/c17-16(20)14(19)9-18-15-12-5-6-13(15)8-11-4-2-1-3-10(11)7-12/h1-4,12-15,18-19H,5-9H2,(H2,17,20). The average Bonchev–Trinajstić information content (AvgIpc) is 2.70. The highest BCUT2D eigenvalue weighted by Crippen LogP contribution is 2.39. The highest BCUT2D eigenvalue weighted by atomic mass is 16.3. The predicted molar refractivity (Wildman–Crippen MR) is 77.1 cm³/mol. The largest absolute Gasteiger partial charge is 0.382 e.